The Morgan fingerprint density at radius 2 is 1.62 bits per heavy atom. The molecular weight excluding hydrogens is 672 g/mol. The molecule has 53 heavy (non-hydrogen) atoms. The maximum Gasteiger partial charge on any atom is 0.408 e. The molecule has 1 aromatic carbocycles. The van der Waals surface area contributed by atoms with Crippen LogP contribution in [0.25, 0.3) is 0 Å². The number of benzene rings is 1. The first kappa shape index (κ1) is 39.3. The Morgan fingerprint density at radius 1 is 0.906 bits per heavy atom. The SMILES string of the molecule is CC(=O)[C@H]1CC[C@H]2[C@@H]3CC[C@H]4C[C@](C)(OC(=O)COC(=O)[C@H](CC(C)C)N5C(=O)[C@@H](NC(=O)OCc6ccccc6)CC5C)CC[C@]4(C)[C@H]3CC[C@]12C. The lowest BCUT2D eigenvalue weighted by Gasteiger charge is -2.62. The van der Waals surface area contributed by atoms with Crippen LogP contribution in [0, 0.1) is 46.3 Å². The average molecular weight is 735 g/mol. The Hall–Kier alpha value is -3.43. The summed E-state index contributed by atoms with van der Waals surface area (Å²) >= 11 is 0. The predicted molar refractivity (Wildman–Crippen MR) is 199 cm³/mol. The Morgan fingerprint density at radius 3 is 2.32 bits per heavy atom. The second-order valence-corrected chi connectivity index (χ2v) is 18.4. The number of Topliss-reactive ketones (excluding diaryl/α,β-unsaturated/α-hetero) is 1. The van der Waals surface area contributed by atoms with Gasteiger partial charge in [-0.05, 0) is 137 Å². The molecule has 1 unspecified atom stereocenters. The standard InChI is InChI=1S/C43H62N2O8/c1-26(2)21-36(45-27(3)22-35(38(45)48)44-40(50)52-24-29-11-9-8-10-12-29)39(49)51-25-37(47)53-41(5)19-20-42(6)30(23-41)13-14-31-33-16-15-32(28(4)46)43(33,7)18-17-34(31)42/h8-12,26-27,30-36H,13-25H2,1-7H3,(H,44,50)/t27?,30-,31-,32+,33-,34-,35-,36-,41+,42-,43+/m0/s1. The van der Waals surface area contributed by atoms with E-state index in [0.29, 0.717) is 42.3 Å². The van der Waals surface area contributed by atoms with E-state index >= 15 is 0 Å². The van der Waals surface area contributed by atoms with E-state index in [1.807, 2.05) is 58.0 Å². The molecule has 1 aromatic rings. The summed E-state index contributed by atoms with van der Waals surface area (Å²) in [7, 11) is 0. The van der Waals surface area contributed by atoms with E-state index in [1.54, 1.807) is 6.92 Å². The van der Waals surface area contributed by atoms with Gasteiger partial charge in [0.15, 0.2) is 6.61 Å². The quantitative estimate of drug-likeness (QED) is 0.184. The molecule has 0 radical (unpaired) electrons. The number of amides is 2. The van der Waals surface area contributed by atoms with Gasteiger partial charge >= 0.3 is 18.0 Å². The van der Waals surface area contributed by atoms with Crippen molar-refractivity contribution in [2.45, 2.75) is 149 Å². The number of hydrogen-bond acceptors (Lipinski definition) is 8. The zero-order valence-electron chi connectivity index (χ0n) is 33.0. The van der Waals surface area contributed by atoms with Crippen molar-refractivity contribution in [3.63, 3.8) is 0 Å². The number of ether oxygens (including phenoxy) is 3. The molecule has 4 saturated carbocycles. The number of nitrogens with zero attached hydrogens (tertiary/aromatic N) is 1. The maximum absolute atomic E-state index is 13.6. The number of hydrogen-bond donors (Lipinski definition) is 1. The van der Waals surface area contributed by atoms with Crippen molar-refractivity contribution >= 4 is 29.7 Å². The van der Waals surface area contributed by atoms with Gasteiger partial charge in [-0.3, -0.25) is 9.59 Å². The number of nitrogens with one attached hydrogen (secondary N) is 1. The van der Waals surface area contributed by atoms with Crippen LogP contribution in [0.4, 0.5) is 4.79 Å². The van der Waals surface area contributed by atoms with E-state index in [1.165, 1.54) is 24.2 Å². The van der Waals surface area contributed by atoms with Crippen LogP contribution in [-0.4, -0.2) is 65.0 Å². The van der Waals surface area contributed by atoms with Gasteiger partial charge in [0.05, 0.1) is 0 Å². The molecule has 1 heterocycles. The molecule has 1 N–H and O–H groups in total. The maximum atomic E-state index is 13.6. The van der Waals surface area contributed by atoms with Gasteiger partial charge < -0.3 is 24.4 Å². The highest BCUT2D eigenvalue weighted by Gasteiger charge is 2.62. The van der Waals surface area contributed by atoms with Gasteiger partial charge in [-0.25, -0.2) is 14.4 Å². The minimum atomic E-state index is -0.901. The molecule has 0 aromatic heterocycles. The molecule has 6 rings (SSSR count). The number of fused-ring (bicyclic) bond motifs is 5. The van der Waals surface area contributed by atoms with Gasteiger partial charge in [0.1, 0.15) is 30.1 Å². The van der Waals surface area contributed by atoms with Crippen molar-refractivity contribution in [1.29, 1.82) is 0 Å². The number of alkyl carbamates (subject to hydrolysis) is 1. The molecular formula is C43H62N2O8. The number of esters is 2. The van der Waals surface area contributed by atoms with Crippen molar-refractivity contribution in [3.05, 3.63) is 35.9 Å². The smallest absolute Gasteiger partial charge is 0.408 e. The molecule has 1 aliphatic heterocycles. The summed E-state index contributed by atoms with van der Waals surface area (Å²) in [5.74, 6) is 1.41. The summed E-state index contributed by atoms with van der Waals surface area (Å²) in [4.78, 5) is 67.1. The van der Waals surface area contributed by atoms with Crippen LogP contribution in [0.15, 0.2) is 30.3 Å². The van der Waals surface area contributed by atoms with E-state index in [0.717, 1.165) is 44.1 Å². The average Bonchev–Trinajstić information content (AvgIpc) is 3.60. The Kier molecular flexibility index (Phi) is 11.4. The topological polar surface area (TPSA) is 128 Å². The van der Waals surface area contributed by atoms with Gasteiger partial charge in [0, 0.05) is 12.0 Å². The molecule has 2 amide bonds. The zero-order chi connectivity index (χ0) is 38.3. The summed E-state index contributed by atoms with van der Waals surface area (Å²) in [5.41, 5.74) is 0.515. The normalized spacial score (nSPS) is 36.9. The number of carbonyl (C=O) groups excluding carboxylic acids is 5. The summed E-state index contributed by atoms with van der Waals surface area (Å²) in [6.07, 6.45) is 9.30. The van der Waals surface area contributed by atoms with Crippen LogP contribution in [0.5, 0.6) is 0 Å². The largest absolute Gasteiger partial charge is 0.457 e. The first-order valence-electron chi connectivity index (χ1n) is 20.2. The van der Waals surface area contributed by atoms with E-state index in [9.17, 15) is 24.0 Å². The van der Waals surface area contributed by atoms with E-state index in [-0.39, 0.29) is 41.2 Å². The molecule has 10 heteroatoms. The second-order valence-electron chi connectivity index (χ2n) is 18.4. The fraction of sp³-hybridized carbons (Fsp3) is 0.744. The predicted octanol–water partition coefficient (Wildman–Crippen LogP) is 7.41. The van der Waals surface area contributed by atoms with Crippen LogP contribution in [-0.2, 0) is 40.0 Å². The molecule has 1 saturated heterocycles. The molecule has 5 fully saturated rings. The zero-order valence-corrected chi connectivity index (χ0v) is 33.0. The third kappa shape index (κ3) is 7.89. The summed E-state index contributed by atoms with van der Waals surface area (Å²) in [6.45, 7) is 14.0. The Balaban J connectivity index is 1.02. The van der Waals surface area contributed by atoms with Crippen LogP contribution < -0.4 is 5.32 Å². The van der Waals surface area contributed by atoms with Gasteiger partial charge in [-0.1, -0.05) is 58.0 Å². The first-order valence-corrected chi connectivity index (χ1v) is 20.2. The number of carbonyl (C=O) groups is 5. The minimum absolute atomic E-state index is 0.0649. The highest BCUT2D eigenvalue weighted by molar-refractivity contribution is 5.92. The molecule has 4 aliphatic carbocycles. The van der Waals surface area contributed by atoms with Crippen molar-refractivity contribution < 1.29 is 38.2 Å². The lowest BCUT2D eigenvalue weighted by molar-refractivity contribution is -0.187. The Labute approximate surface area is 315 Å². The molecule has 11 atom stereocenters. The highest BCUT2D eigenvalue weighted by Crippen LogP contribution is 2.68. The van der Waals surface area contributed by atoms with Crippen LogP contribution in [0.2, 0.25) is 0 Å². The summed E-state index contributed by atoms with van der Waals surface area (Å²) in [5, 5.41) is 2.67. The molecule has 5 aliphatic rings. The van der Waals surface area contributed by atoms with Gasteiger partial charge in [-0.15, -0.1) is 0 Å². The molecule has 10 nitrogen and oxygen atoms in total. The monoisotopic (exact) mass is 734 g/mol. The lowest BCUT2D eigenvalue weighted by Crippen LogP contribution is -2.56. The fourth-order valence-corrected chi connectivity index (χ4v) is 11.9. The molecule has 0 bridgehead atoms. The van der Waals surface area contributed by atoms with E-state index in [4.69, 9.17) is 14.2 Å². The van der Waals surface area contributed by atoms with Gasteiger partial charge in [0.25, 0.3) is 0 Å². The molecule has 292 valence electrons. The van der Waals surface area contributed by atoms with Crippen molar-refractivity contribution in [2.24, 2.45) is 46.3 Å². The number of likely N-dealkylation sites (tertiary alicyclic amines) is 1. The minimum Gasteiger partial charge on any atom is -0.457 e. The summed E-state index contributed by atoms with van der Waals surface area (Å²) in [6, 6.07) is 7.21. The van der Waals surface area contributed by atoms with Crippen molar-refractivity contribution in [2.75, 3.05) is 6.61 Å². The lowest BCUT2D eigenvalue weighted by atomic mass is 9.44. The van der Waals surface area contributed by atoms with Crippen molar-refractivity contribution in [3.8, 4) is 0 Å². The van der Waals surface area contributed by atoms with Crippen LogP contribution in [0.3, 0.4) is 0 Å². The van der Waals surface area contributed by atoms with Crippen LogP contribution in [0.1, 0.15) is 125 Å². The Bertz CT molecular complexity index is 1550. The van der Waals surface area contributed by atoms with Crippen LogP contribution >= 0.6 is 0 Å². The number of ketones is 1. The highest BCUT2D eigenvalue weighted by atomic mass is 16.6. The van der Waals surface area contributed by atoms with Crippen molar-refractivity contribution in [1.82, 2.24) is 10.2 Å². The first-order chi connectivity index (χ1) is 25.0. The molecule has 0 spiro atoms. The number of rotatable bonds is 11. The van der Waals surface area contributed by atoms with E-state index in [2.05, 4.69) is 19.2 Å². The second kappa shape index (κ2) is 15.4. The van der Waals surface area contributed by atoms with Gasteiger partial charge in [-0.2, -0.15) is 0 Å². The summed E-state index contributed by atoms with van der Waals surface area (Å²) < 4.78 is 17.1. The third-order valence-corrected chi connectivity index (χ3v) is 14.5. The van der Waals surface area contributed by atoms with Gasteiger partial charge in [0.2, 0.25) is 5.91 Å². The fourth-order valence-electron chi connectivity index (χ4n) is 11.9. The third-order valence-electron chi connectivity index (χ3n) is 14.5. The van der Waals surface area contributed by atoms with E-state index < -0.39 is 42.3 Å².